The highest BCUT2D eigenvalue weighted by molar-refractivity contribution is 5.96. The molecule has 3 aliphatic heterocycles. The summed E-state index contributed by atoms with van der Waals surface area (Å²) in [7, 11) is 0. The number of carbonyl (C=O) groups excluding carboxylic acids is 2. The van der Waals surface area contributed by atoms with Crippen LogP contribution >= 0.6 is 0 Å². The lowest BCUT2D eigenvalue weighted by Crippen LogP contribution is -2.58. The van der Waals surface area contributed by atoms with Crippen molar-refractivity contribution >= 4 is 17.5 Å². The minimum Gasteiger partial charge on any atom is -0.378 e. The normalized spacial score (nSPS) is 19.3. The lowest BCUT2D eigenvalue weighted by Gasteiger charge is -2.50. The largest absolute Gasteiger partial charge is 0.378 e. The van der Waals surface area contributed by atoms with Crippen LogP contribution < -0.4 is 4.90 Å². The summed E-state index contributed by atoms with van der Waals surface area (Å²) in [5, 5.41) is 0. The second-order valence-corrected chi connectivity index (χ2v) is 14.6. The number of amides is 2. The third-order valence-corrected chi connectivity index (χ3v) is 11.2. The van der Waals surface area contributed by atoms with Gasteiger partial charge in [0.15, 0.2) is 0 Å². The fourth-order valence-corrected chi connectivity index (χ4v) is 7.85. The first-order chi connectivity index (χ1) is 23.1. The highest BCUT2D eigenvalue weighted by atomic mass is 16.5. The van der Waals surface area contributed by atoms with Crippen LogP contribution in [0.15, 0.2) is 60.9 Å². The summed E-state index contributed by atoms with van der Waals surface area (Å²) >= 11 is 0. The van der Waals surface area contributed by atoms with Crippen LogP contribution in [0.3, 0.4) is 0 Å². The van der Waals surface area contributed by atoms with E-state index >= 15 is 0 Å². The predicted molar refractivity (Wildman–Crippen MR) is 189 cm³/mol. The van der Waals surface area contributed by atoms with Crippen LogP contribution in [-0.2, 0) is 21.5 Å². The van der Waals surface area contributed by atoms with E-state index < -0.39 is 5.41 Å². The van der Waals surface area contributed by atoms with Crippen LogP contribution in [0, 0.1) is 13.8 Å². The van der Waals surface area contributed by atoms with Crippen LogP contribution in [0.1, 0.15) is 79.3 Å². The number of rotatable bonds is 8. The maximum Gasteiger partial charge on any atom is 0.257 e. The van der Waals surface area contributed by atoms with Crippen molar-refractivity contribution in [3.8, 4) is 0 Å². The molecule has 4 heterocycles. The molecule has 0 radical (unpaired) electrons. The lowest BCUT2D eigenvalue weighted by molar-refractivity contribution is -0.140. The number of nitrogens with zero attached hydrogens (tertiary/aromatic N) is 6. The molecule has 9 nitrogen and oxygen atoms in total. The number of anilines is 1. The Morgan fingerprint density at radius 2 is 1.46 bits per heavy atom. The number of hydrogen-bond donors (Lipinski definition) is 0. The van der Waals surface area contributed by atoms with E-state index in [-0.39, 0.29) is 17.4 Å². The van der Waals surface area contributed by atoms with Gasteiger partial charge in [0.1, 0.15) is 6.33 Å². The van der Waals surface area contributed by atoms with Gasteiger partial charge >= 0.3 is 0 Å². The molecule has 3 aromatic rings. The van der Waals surface area contributed by atoms with Gasteiger partial charge in [-0.25, -0.2) is 9.97 Å². The number of likely N-dealkylation sites (tertiary alicyclic amines) is 2. The van der Waals surface area contributed by atoms with Gasteiger partial charge in [-0.3, -0.25) is 14.5 Å². The van der Waals surface area contributed by atoms with E-state index in [0.29, 0.717) is 37.9 Å². The molecule has 2 aromatic carbocycles. The van der Waals surface area contributed by atoms with Crippen molar-refractivity contribution in [3.05, 3.63) is 89.0 Å². The molecule has 256 valence electrons. The highest BCUT2D eigenvalue weighted by Crippen LogP contribution is 2.35. The fraction of sp³-hybridized carbons (Fsp3) is 0.538. The smallest absolute Gasteiger partial charge is 0.257 e. The van der Waals surface area contributed by atoms with Crippen molar-refractivity contribution in [1.29, 1.82) is 0 Å². The fourth-order valence-electron chi connectivity index (χ4n) is 7.85. The summed E-state index contributed by atoms with van der Waals surface area (Å²) in [5.41, 5.74) is 5.16. The molecular weight excluding hydrogens is 600 g/mol. The third kappa shape index (κ3) is 7.13. The second kappa shape index (κ2) is 14.3. The number of morpholine rings is 1. The number of piperidine rings is 2. The van der Waals surface area contributed by atoms with Gasteiger partial charge in [-0.05, 0) is 83.6 Å². The first-order valence-corrected chi connectivity index (χ1v) is 17.7. The van der Waals surface area contributed by atoms with Crippen molar-refractivity contribution < 1.29 is 14.3 Å². The van der Waals surface area contributed by atoms with Crippen molar-refractivity contribution in [1.82, 2.24) is 24.7 Å². The Labute approximate surface area is 286 Å². The monoisotopic (exact) mass is 652 g/mol. The molecule has 0 N–H and O–H groups in total. The molecule has 3 saturated heterocycles. The quantitative estimate of drug-likeness (QED) is 0.323. The standard InChI is InChI=1S/C39H52N6O3/c1-29-35(30(2)41-28-40-29)36(46)42-21-17-39(5,18-22-42)44-19-15-34(16-20-44)45(27-31-9-7-6-8-10-31)33-13-11-32(12-14-33)38(3,4)37(47)43-23-25-48-26-24-43/h6-14,28,34H,15-27H2,1-5H3. The molecule has 6 rings (SSSR count). The zero-order chi connectivity index (χ0) is 33.9. The number of benzene rings is 2. The Balaban J connectivity index is 1.12. The van der Waals surface area contributed by atoms with E-state index in [1.165, 1.54) is 17.6 Å². The van der Waals surface area contributed by atoms with E-state index in [2.05, 4.69) is 81.3 Å². The average molecular weight is 653 g/mol. The van der Waals surface area contributed by atoms with Crippen LogP contribution in [0.4, 0.5) is 5.69 Å². The summed E-state index contributed by atoms with van der Waals surface area (Å²) in [4.78, 5) is 44.6. The van der Waals surface area contributed by atoms with Crippen molar-refractivity contribution in [2.24, 2.45) is 0 Å². The summed E-state index contributed by atoms with van der Waals surface area (Å²) in [6.45, 7) is 17.2. The Morgan fingerprint density at radius 3 is 2.06 bits per heavy atom. The van der Waals surface area contributed by atoms with E-state index in [1.807, 2.05) is 37.5 Å². The average Bonchev–Trinajstić information content (AvgIpc) is 3.11. The number of hydrogen-bond acceptors (Lipinski definition) is 7. The van der Waals surface area contributed by atoms with Gasteiger partial charge in [-0.2, -0.15) is 0 Å². The summed E-state index contributed by atoms with van der Waals surface area (Å²) in [6, 6.07) is 19.9. The molecule has 2 amide bonds. The Kier molecular flexibility index (Phi) is 10.2. The lowest BCUT2D eigenvalue weighted by atomic mass is 9.82. The van der Waals surface area contributed by atoms with Crippen molar-refractivity contribution in [2.75, 3.05) is 57.4 Å². The molecule has 0 spiro atoms. The molecule has 0 unspecified atom stereocenters. The highest BCUT2D eigenvalue weighted by Gasteiger charge is 2.40. The van der Waals surface area contributed by atoms with Crippen LogP contribution in [0.2, 0.25) is 0 Å². The van der Waals surface area contributed by atoms with Gasteiger partial charge in [-0.15, -0.1) is 0 Å². The molecule has 48 heavy (non-hydrogen) atoms. The number of ether oxygens (including phenoxy) is 1. The van der Waals surface area contributed by atoms with Crippen LogP contribution in [-0.4, -0.2) is 101 Å². The first-order valence-electron chi connectivity index (χ1n) is 17.7. The molecule has 0 aliphatic carbocycles. The Bertz CT molecular complexity index is 1530. The van der Waals surface area contributed by atoms with E-state index in [9.17, 15) is 9.59 Å². The van der Waals surface area contributed by atoms with Gasteiger partial charge in [-0.1, -0.05) is 42.5 Å². The van der Waals surface area contributed by atoms with Gasteiger partial charge in [0.25, 0.3) is 5.91 Å². The summed E-state index contributed by atoms with van der Waals surface area (Å²) in [6.07, 6.45) is 5.61. The molecule has 0 bridgehead atoms. The SMILES string of the molecule is Cc1ncnc(C)c1C(=O)N1CCC(C)(N2CCC(N(Cc3ccccc3)c3ccc(C(C)(C)C(=O)N4CCOCC4)cc3)CC2)CC1. The Morgan fingerprint density at radius 1 is 0.854 bits per heavy atom. The second-order valence-electron chi connectivity index (χ2n) is 14.6. The van der Waals surface area contributed by atoms with E-state index in [0.717, 1.165) is 75.4 Å². The predicted octanol–water partition coefficient (Wildman–Crippen LogP) is 5.40. The van der Waals surface area contributed by atoms with Crippen molar-refractivity contribution in [2.45, 2.75) is 83.8 Å². The maximum atomic E-state index is 13.5. The summed E-state index contributed by atoms with van der Waals surface area (Å²) < 4.78 is 5.48. The number of aryl methyl sites for hydroxylation is 2. The number of aromatic nitrogens is 2. The Hall–Kier alpha value is -3.82. The van der Waals surface area contributed by atoms with E-state index in [4.69, 9.17) is 4.74 Å². The van der Waals surface area contributed by atoms with E-state index in [1.54, 1.807) is 0 Å². The molecule has 0 saturated carbocycles. The summed E-state index contributed by atoms with van der Waals surface area (Å²) in [5.74, 6) is 0.220. The van der Waals surface area contributed by atoms with Gasteiger partial charge in [0, 0.05) is 63.1 Å². The van der Waals surface area contributed by atoms with Crippen LogP contribution in [0.5, 0.6) is 0 Å². The van der Waals surface area contributed by atoms with Gasteiger partial charge < -0.3 is 19.4 Å². The molecule has 1 aromatic heterocycles. The van der Waals surface area contributed by atoms with Gasteiger partial charge in [0.05, 0.1) is 35.6 Å². The third-order valence-electron chi connectivity index (χ3n) is 11.2. The zero-order valence-corrected chi connectivity index (χ0v) is 29.5. The topological polar surface area (TPSA) is 82.1 Å². The minimum absolute atomic E-state index is 0.0581. The maximum absolute atomic E-state index is 13.5. The van der Waals surface area contributed by atoms with Crippen LogP contribution in [0.25, 0.3) is 0 Å². The number of carbonyl (C=O) groups is 2. The molecule has 9 heteroatoms. The zero-order valence-electron chi connectivity index (χ0n) is 29.5. The first kappa shape index (κ1) is 34.1. The molecule has 0 atom stereocenters. The minimum atomic E-state index is -0.604. The molecule has 3 aliphatic rings. The molecular formula is C39H52N6O3. The van der Waals surface area contributed by atoms with Gasteiger partial charge in [0.2, 0.25) is 5.91 Å². The van der Waals surface area contributed by atoms with Crippen molar-refractivity contribution in [3.63, 3.8) is 0 Å². The molecule has 3 fully saturated rings.